The van der Waals surface area contributed by atoms with Gasteiger partial charge in [0.25, 0.3) is 0 Å². The van der Waals surface area contributed by atoms with Crippen LogP contribution in [0.2, 0.25) is 0 Å². The minimum atomic E-state index is -0.853. The minimum absolute atomic E-state index is 0.0339. The summed E-state index contributed by atoms with van der Waals surface area (Å²) in [6.45, 7) is 4.95. The van der Waals surface area contributed by atoms with Crippen LogP contribution in [-0.2, 0) is 6.42 Å². The number of benzene rings is 1. The topological polar surface area (TPSA) is 87.0 Å². The van der Waals surface area contributed by atoms with E-state index in [1.54, 1.807) is 12.1 Å². The average Bonchev–Trinajstić information content (AvgIpc) is 2.47. The Morgan fingerprint density at radius 1 is 1.41 bits per heavy atom. The number of Topliss-reactive ketones (excluding diaryl/α,β-unsaturated/α-hetero) is 1. The van der Waals surface area contributed by atoms with Gasteiger partial charge in [0.1, 0.15) is 18.1 Å². The van der Waals surface area contributed by atoms with E-state index in [1.807, 2.05) is 0 Å². The van der Waals surface area contributed by atoms with E-state index in [2.05, 4.69) is 19.2 Å². The molecule has 6 heteroatoms. The number of aromatic hydroxyl groups is 1. The second-order valence-corrected chi connectivity index (χ2v) is 5.39. The lowest BCUT2D eigenvalue weighted by atomic mass is 10.0. The highest BCUT2D eigenvalue weighted by Crippen LogP contribution is 2.32. The molecule has 0 bridgehead atoms. The van der Waals surface area contributed by atoms with Gasteiger partial charge in [-0.15, -0.1) is 6.58 Å². The normalized spacial score (nSPS) is 13.5. The number of ether oxygens (including phenoxy) is 1. The highest BCUT2D eigenvalue weighted by atomic mass is 32.1. The van der Waals surface area contributed by atoms with Gasteiger partial charge in [-0.1, -0.05) is 6.08 Å². The fourth-order valence-corrected chi connectivity index (χ4v) is 2.17. The maximum atomic E-state index is 11.5. The molecule has 0 saturated carbocycles. The lowest BCUT2D eigenvalue weighted by molar-refractivity contribution is 0.0570. The fraction of sp³-hybridized carbons (Fsp3) is 0.438. The van der Waals surface area contributed by atoms with Gasteiger partial charge >= 0.3 is 0 Å². The molecule has 22 heavy (non-hydrogen) atoms. The van der Waals surface area contributed by atoms with E-state index in [1.165, 1.54) is 13.0 Å². The van der Waals surface area contributed by atoms with Gasteiger partial charge in [0.15, 0.2) is 5.78 Å². The van der Waals surface area contributed by atoms with Gasteiger partial charge in [-0.05, 0) is 25.5 Å². The third-order valence-corrected chi connectivity index (χ3v) is 3.58. The van der Waals surface area contributed by atoms with Gasteiger partial charge in [-0.3, -0.25) is 4.79 Å². The smallest absolute Gasteiger partial charge is 0.163 e. The fourth-order valence-electron chi connectivity index (χ4n) is 2.02. The number of carbonyl (C=O) groups is 1. The second kappa shape index (κ2) is 8.82. The number of rotatable bonds is 9. The second-order valence-electron chi connectivity index (χ2n) is 5.02. The summed E-state index contributed by atoms with van der Waals surface area (Å²) >= 11 is 3.94. The molecular formula is C16H22O5S. The molecule has 1 aromatic rings. The molecule has 0 aliphatic carbocycles. The van der Waals surface area contributed by atoms with Crippen molar-refractivity contribution in [1.29, 1.82) is 0 Å². The Kier molecular flexibility index (Phi) is 7.44. The zero-order valence-electron chi connectivity index (χ0n) is 12.5. The number of thiol groups is 1. The molecule has 0 aromatic heterocycles. The van der Waals surface area contributed by atoms with E-state index in [4.69, 9.17) is 4.74 Å². The third kappa shape index (κ3) is 5.05. The van der Waals surface area contributed by atoms with Gasteiger partial charge in [0.2, 0.25) is 0 Å². The number of aliphatic hydroxyl groups excluding tert-OH is 2. The standard InChI is InChI=1S/C16H22O5S/c1-3-4-14-15(6-5-13(10(2)17)16(14)20)21-8-11(18)7-12(19)9-22/h3,5-6,11-12,18-20,22H,1,4,7-9H2,2H3/t11?,12-/m0/s1. The van der Waals surface area contributed by atoms with Gasteiger partial charge < -0.3 is 20.1 Å². The molecule has 0 aliphatic heterocycles. The molecule has 1 unspecified atom stereocenters. The summed E-state index contributed by atoms with van der Waals surface area (Å²) in [6, 6.07) is 3.06. The van der Waals surface area contributed by atoms with Gasteiger partial charge in [0.05, 0.1) is 17.8 Å². The van der Waals surface area contributed by atoms with Crippen LogP contribution in [0.25, 0.3) is 0 Å². The van der Waals surface area contributed by atoms with Crippen LogP contribution in [0.4, 0.5) is 0 Å². The monoisotopic (exact) mass is 326 g/mol. The van der Waals surface area contributed by atoms with E-state index < -0.39 is 12.2 Å². The van der Waals surface area contributed by atoms with Crippen molar-refractivity contribution in [3.63, 3.8) is 0 Å². The van der Waals surface area contributed by atoms with E-state index in [0.29, 0.717) is 17.7 Å². The van der Waals surface area contributed by atoms with Gasteiger partial charge in [-0.2, -0.15) is 12.6 Å². The molecular weight excluding hydrogens is 304 g/mol. The predicted octanol–water partition coefficient (Wildman–Crippen LogP) is 1.74. The molecule has 0 spiro atoms. The Morgan fingerprint density at radius 2 is 2.09 bits per heavy atom. The van der Waals surface area contributed by atoms with Crippen molar-refractivity contribution >= 4 is 18.4 Å². The maximum Gasteiger partial charge on any atom is 0.163 e. The van der Waals surface area contributed by atoms with Crippen molar-refractivity contribution in [1.82, 2.24) is 0 Å². The highest BCUT2D eigenvalue weighted by Gasteiger charge is 2.17. The Bertz CT molecular complexity index is 530. The number of phenolic OH excluding ortho intramolecular Hbond substituents is 1. The van der Waals surface area contributed by atoms with Crippen LogP contribution in [0.15, 0.2) is 24.8 Å². The Morgan fingerprint density at radius 3 is 2.64 bits per heavy atom. The summed E-state index contributed by atoms with van der Waals surface area (Å²) in [4.78, 5) is 11.5. The molecule has 122 valence electrons. The van der Waals surface area contributed by atoms with E-state index in [-0.39, 0.29) is 35.9 Å². The summed E-state index contributed by atoms with van der Waals surface area (Å²) in [5.74, 6) is 0.259. The molecule has 3 N–H and O–H groups in total. The summed E-state index contributed by atoms with van der Waals surface area (Å²) < 4.78 is 5.51. The molecule has 0 saturated heterocycles. The van der Waals surface area contributed by atoms with Crippen molar-refractivity contribution < 1.29 is 24.9 Å². The zero-order chi connectivity index (χ0) is 16.7. The Hall–Kier alpha value is -1.50. The molecule has 0 radical (unpaired) electrons. The largest absolute Gasteiger partial charge is 0.507 e. The first-order chi connectivity index (χ1) is 10.4. The number of phenols is 1. The van der Waals surface area contributed by atoms with E-state index in [9.17, 15) is 20.1 Å². The van der Waals surface area contributed by atoms with Crippen LogP contribution in [0.1, 0.15) is 29.3 Å². The van der Waals surface area contributed by atoms with Crippen LogP contribution in [0.5, 0.6) is 11.5 Å². The van der Waals surface area contributed by atoms with Crippen LogP contribution in [0.3, 0.4) is 0 Å². The molecule has 1 aromatic carbocycles. The zero-order valence-corrected chi connectivity index (χ0v) is 13.4. The van der Waals surface area contributed by atoms with Crippen molar-refractivity contribution in [3.8, 4) is 11.5 Å². The number of carbonyl (C=O) groups excluding carboxylic acids is 1. The number of hydrogen-bond donors (Lipinski definition) is 4. The summed E-state index contributed by atoms with van der Waals surface area (Å²) in [5.41, 5.74) is 0.667. The highest BCUT2D eigenvalue weighted by molar-refractivity contribution is 7.80. The molecule has 0 aliphatic rings. The third-order valence-electron chi connectivity index (χ3n) is 3.15. The van der Waals surface area contributed by atoms with Crippen LogP contribution in [0, 0.1) is 0 Å². The summed E-state index contributed by atoms with van der Waals surface area (Å²) in [5, 5.41) is 29.4. The number of hydrogen-bond acceptors (Lipinski definition) is 6. The molecule has 2 atom stereocenters. The van der Waals surface area contributed by atoms with Crippen molar-refractivity contribution in [2.75, 3.05) is 12.4 Å². The SMILES string of the molecule is C=CCc1c(OCC(O)C[C@H](O)CS)ccc(C(C)=O)c1O. The number of ketones is 1. The van der Waals surface area contributed by atoms with Gasteiger partial charge in [0, 0.05) is 17.7 Å². The Labute approximate surface area is 135 Å². The lowest BCUT2D eigenvalue weighted by Crippen LogP contribution is -2.25. The van der Waals surface area contributed by atoms with Crippen molar-refractivity contribution in [2.24, 2.45) is 0 Å². The van der Waals surface area contributed by atoms with Crippen LogP contribution < -0.4 is 4.74 Å². The van der Waals surface area contributed by atoms with Gasteiger partial charge in [-0.25, -0.2) is 0 Å². The first-order valence-corrected chi connectivity index (χ1v) is 7.60. The first kappa shape index (κ1) is 18.5. The van der Waals surface area contributed by atoms with E-state index in [0.717, 1.165) is 0 Å². The predicted molar refractivity (Wildman–Crippen MR) is 88.0 cm³/mol. The van der Waals surface area contributed by atoms with Crippen molar-refractivity contribution in [2.45, 2.75) is 32.0 Å². The summed E-state index contributed by atoms with van der Waals surface area (Å²) in [6.07, 6.45) is 0.513. The lowest BCUT2D eigenvalue weighted by Gasteiger charge is -2.18. The number of aliphatic hydroxyl groups is 2. The minimum Gasteiger partial charge on any atom is -0.507 e. The molecule has 0 amide bonds. The average molecular weight is 326 g/mol. The molecule has 0 heterocycles. The number of allylic oxidation sites excluding steroid dienone is 1. The van der Waals surface area contributed by atoms with Crippen molar-refractivity contribution in [3.05, 3.63) is 35.9 Å². The molecule has 0 fully saturated rings. The summed E-state index contributed by atoms with van der Waals surface area (Å²) in [7, 11) is 0. The first-order valence-electron chi connectivity index (χ1n) is 6.97. The Balaban J connectivity index is 2.88. The molecule has 1 rings (SSSR count). The van der Waals surface area contributed by atoms with E-state index >= 15 is 0 Å². The maximum absolute atomic E-state index is 11.5. The van der Waals surface area contributed by atoms with Crippen LogP contribution in [-0.4, -0.2) is 45.7 Å². The quantitative estimate of drug-likeness (QED) is 0.315. The molecule has 5 nitrogen and oxygen atoms in total. The van der Waals surface area contributed by atoms with Crippen LogP contribution >= 0.6 is 12.6 Å².